The molecule has 1 fully saturated rings. The second-order valence-electron chi connectivity index (χ2n) is 6.69. The van der Waals surface area contributed by atoms with Gasteiger partial charge >= 0.3 is 0 Å². The second-order valence-corrected chi connectivity index (χ2v) is 8.67. The van der Waals surface area contributed by atoms with E-state index in [9.17, 15) is 13.2 Å². The van der Waals surface area contributed by atoms with Gasteiger partial charge in [0.15, 0.2) is 0 Å². The molecule has 2 heterocycles. The van der Waals surface area contributed by atoms with Crippen molar-refractivity contribution in [3.63, 3.8) is 0 Å². The zero-order valence-electron chi connectivity index (χ0n) is 15.5. The van der Waals surface area contributed by atoms with Gasteiger partial charge in [0.2, 0.25) is 15.9 Å². The molecule has 0 spiro atoms. The SMILES string of the molecule is CS(=O)(=O)N1CCCN(CC(=O)N(Cc2ccco2)c2ccccc2)CC1. The van der Waals surface area contributed by atoms with E-state index in [0.29, 0.717) is 44.9 Å². The number of carbonyl (C=O) groups excluding carboxylic acids is 1. The molecule has 2 aromatic rings. The van der Waals surface area contributed by atoms with Gasteiger partial charge in [0.05, 0.1) is 25.6 Å². The molecule has 0 bridgehead atoms. The van der Waals surface area contributed by atoms with Gasteiger partial charge in [-0.25, -0.2) is 12.7 Å². The highest BCUT2D eigenvalue weighted by molar-refractivity contribution is 7.88. The Labute approximate surface area is 160 Å². The number of para-hydroxylation sites is 1. The lowest BCUT2D eigenvalue weighted by Gasteiger charge is -2.26. The van der Waals surface area contributed by atoms with E-state index < -0.39 is 10.0 Å². The average molecular weight is 391 g/mol. The van der Waals surface area contributed by atoms with Crippen molar-refractivity contribution >= 4 is 21.6 Å². The van der Waals surface area contributed by atoms with E-state index in [-0.39, 0.29) is 12.5 Å². The fourth-order valence-corrected chi connectivity index (χ4v) is 4.08. The van der Waals surface area contributed by atoms with Gasteiger partial charge in [-0.1, -0.05) is 18.2 Å². The van der Waals surface area contributed by atoms with Gasteiger partial charge in [-0.2, -0.15) is 0 Å². The predicted molar refractivity (Wildman–Crippen MR) is 104 cm³/mol. The Kier molecular flexibility index (Phi) is 6.30. The number of rotatable bonds is 6. The van der Waals surface area contributed by atoms with Crippen LogP contribution in [-0.4, -0.2) is 62.5 Å². The molecule has 0 aliphatic carbocycles. The van der Waals surface area contributed by atoms with E-state index in [0.717, 1.165) is 5.69 Å². The van der Waals surface area contributed by atoms with Crippen molar-refractivity contribution in [3.8, 4) is 0 Å². The molecule has 146 valence electrons. The molecule has 0 unspecified atom stereocenters. The maximum absolute atomic E-state index is 13.0. The molecule has 0 atom stereocenters. The number of sulfonamides is 1. The highest BCUT2D eigenvalue weighted by Crippen LogP contribution is 2.18. The van der Waals surface area contributed by atoms with Crippen molar-refractivity contribution in [2.24, 2.45) is 0 Å². The van der Waals surface area contributed by atoms with Crippen LogP contribution in [0.5, 0.6) is 0 Å². The lowest BCUT2D eigenvalue weighted by molar-refractivity contribution is -0.119. The first-order valence-electron chi connectivity index (χ1n) is 8.99. The number of anilines is 1. The number of hydrogen-bond acceptors (Lipinski definition) is 5. The highest BCUT2D eigenvalue weighted by atomic mass is 32.2. The Hall–Kier alpha value is -2.16. The van der Waals surface area contributed by atoms with Crippen LogP contribution in [0.25, 0.3) is 0 Å². The highest BCUT2D eigenvalue weighted by Gasteiger charge is 2.25. The maximum Gasteiger partial charge on any atom is 0.241 e. The Morgan fingerprint density at radius 1 is 1.07 bits per heavy atom. The van der Waals surface area contributed by atoms with E-state index in [4.69, 9.17) is 4.42 Å². The number of hydrogen-bond donors (Lipinski definition) is 0. The first kappa shape index (κ1) is 19.6. The number of furan rings is 1. The standard InChI is InChI=1S/C19H25N3O4S/c1-27(24,25)21-11-6-10-20(12-13-21)16-19(23)22(15-18-9-5-14-26-18)17-7-3-2-4-8-17/h2-5,7-9,14H,6,10-13,15-16H2,1H3. The minimum atomic E-state index is -3.20. The third kappa shape index (κ3) is 5.41. The van der Waals surface area contributed by atoms with Crippen molar-refractivity contribution in [3.05, 3.63) is 54.5 Å². The summed E-state index contributed by atoms with van der Waals surface area (Å²) in [5.74, 6) is 0.678. The summed E-state index contributed by atoms with van der Waals surface area (Å²) in [7, 11) is -3.20. The average Bonchev–Trinajstić information content (AvgIpc) is 3.03. The van der Waals surface area contributed by atoms with Gasteiger partial charge in [0.25, 0.3) is 0 Å². The van der Waals surface area contributed by atoms with E-state index in [2.05, 4.69) is 0 Å². The zero-order valence-corrected chi connectivity index (χ0v) is 16.3. The normalized spacial score (nSPS) is 16.8. The predicted octanol–water partition coefficient (Wildman–Crippen LogP) is 1.78. The molecule has 1 aliphatic heterocycles. The molecule has 1 aromatic carbocycles. The molecule has 1 aromatic heterocycles. The fourth-order valence-electron chi connectivity index (χ4n) is 3.20. The first-order chi connectivity index (χ1) is 12.9. The van der Waals surface area contributed by atoms with Crippen LogP contribution in [-0.2, 0) is 21.4 Å². The first-order valence-corrected chi connectivity index (χ1v) is 10.8. The van der Waals surface area contributed by atoms with Gasteiger partial charge in [0.1, 0.15) is 5.76 Å². The van der Waals surface area contributed by atoms with Crippen LogP contribution in [0.2, 0.25) is 0 Å². The Morgan fingerprint density at radius 3 is 2.52 bits per heavy atom. The van der Waals surface area contributed by atoms with Crippen molar-refractivity contribution < 1.29 is 17.6 Å². The van der Waals surface area contributed by atoms with Crippen LogP contribution >= 0.6 is 0 Å². The molecule has 1 saturated heterocycles. The summed E-state index contributed by atoms with van der Waals surface area (Å²) in [4.78, 5) is 16.8. The summed E-state index contributed by atoms with van der Waals surface area (Å²) in [6.07, 6.45) is 3.54. The lowest BCUT2D eigenvalue weighted by atomic mass is 10.2. The maximum atomic E-state index is 13.0. The molecule has 3 rings (SSSR count). The summed E-state index contributed by atoms with van der Waals surface area (Å²) in [6.45, 7) is 2.75. The second kappa shape index (κ2) is 8.69. The number of carbonyl (C=O) groups is 1. The molecule has 8 heteroatoms. The topological polar surface area (TPSA) is 74.1 Å². The third-order valence-electron chi connectivity index (χ3n) is 4.64. The number of amides is 1. The lowest BCUT2D eigenvalue weighted by Crippen LogP contribution is -2.42. The minimum Gasteiger partial charge on any atom is -0.467 e. The Morgan fingerprint density at radius 2 is 1.85 bits per heavy atom. The molecule has 0 saturated carbocycles. The smallest absolute Gasteiger partial charge is 0.241 e. The molecule has 0 radical (unpaired) electrons. The molecule has 27 heavy (non-hydrogen) atoms. The number of benzene rings is 1. The Bertz CT molecular complexity index is 837. The largest absolute Gasteiger partial charge is 0.467 e. The Balaban J connectivity index is 1.69. The summed E-state index contributed by atoms with van der Waals surface area (Å²) in [5.41, 5.74) is 0.812. The molecule has 0 N–H and O–H groups in total. The fraction of sp³-hybridized carbons (Fsp3) is 0.421. The summed E-state index contributed by atoms with van der Waals surface area (Å²) < 4.78 is 30.4. The molecule has 1 aliphatic rings. The van der Waals surface area contributed by atoms with Crippen LogP contribution in [0.3, 0.4) is 0 Å². The van der Waals surface area contributed by atoms with Gasteiger partial charge in [-0.3, -0.25) is 9.69 Å². The summed E-state index contributed by atoms with van der Waals surface area (Å²) >= 11 is 0. The van der Waals surface area contributed by atoms with Gasteiger partial charge in [-0.15, -0.1) is 0 Å². The molecular weight excluding hydrogens is 366 g/mol. The van der Waals surface area contributed by atoms with E-state index in [1.165, 1.54) is 10.6 Å². The van der Waals surface area contributed by atoms with Crippen LogP contribution in [0.4, 0.5) is 5.69 Å². The van der Waals surface area contributed by atoms with E-state index in [1.54, 1.807) is 17.2 Å². The minimum absolute atomic E-state index is 0.0367. The molecular formula is C19H25N3O4S. The quantitative estimate of drug-likeness (QED) is 0.750. The van der Waals surface area contributed by atoms with Crippen molar-refractivity contribution in [2.75, 3.05) is 43.9 Å². The number of nitrogens with zero attached hydrogens (tertiary/aromatic N) is 3. The van der Waals surface area contributed by atoms with Crippen molar-refractivity contribution in [2.45, 2.75) is 13.0 Å². The van der Waals surface area contributed by atoms with Crippen LogP contribution in [0.1, 0.15) is 12.2 Å². The van der Waals surface area contributed by atoms with E-state index >= 15 is 0 Å². The van der Waals surface area contributed by atoms with Crippen molar-refractivity contribution in [1.29, 1.82) is 0 Å². The van der Waals surface area contributed by atoms with Gasteiger partial charge < -0.3 is 9.32 Å². The monoisotopic (exact) mass is 391 g/mol. The summed E-state index contributed by atoms with van der Waals surface area (Å²) in [5, 5.41) is 0. The van der Waals surface area contributed by atoms with Crippen LogP contribution in [0, 0.1) is 0 Å². The van der Waals surface area contributed by atoms with Crippen molar-refractivity contribution in [1.82, 2.24) is 9.21 Å². The third-order valence-corrected chi connectivity index (χ3v) is 5.94. The van der Waals surface area contributed by atoms with Gasteiger partial charge in [0, 0.05) is 25.3 Å². The zero-order chi connectivity index (χ0) is 19.3. The van der Waals surface area contributed by atoms with Crippen LogP contribution < -0.4 is 4.90 Å². The molecule has 1 amide bonds. The molecule has 7 nitrogen and oxygen atoms in total. The van der Waals surface area contributed by atoms with E-state index in [1.807, 2.05) is 41.3 Å². The van der Waals surface area contributed by atoms with Gasteiger partial charge in [-0.05, 0) is 37.2 Å². The summed E-state index contributed by atoms with van der Waals surface area (Å²) in [6, 6.07) is 13.1. The van der Waals surface area contributed by atoms with Crippen LogP contribution in [0.15, 0.2) is 53.1 Å².